The summed E-state index contributed by atoms with van der Waals surface area (Å²) in [6.07, 6.45) is 6.51. The molecule has 1 heterocycles. The van der Waals surface area contributed by atoms with Crippen molar-refractivity contribution in [1.82, 2.24) is 0 Å². The Hall–Kier alpha value is -1.84. The second-order valence-electron chi connectivity index (χ2n) is 6.13. The van der Waals surface area contributed by atoms with Gasteiger partial charge < -0.3 is 5.73 Å². The Labute approximate surface area is 118 Å². The number of nitrogen functional groups attached to an aromatic ring is 1. The molecule has 20 heavy (non-hydrogen) atoms. The Bertz CT molecular complexity index is 527. The number of nitrogens with zero attached hydrogens (tertiary/aromatic N) is 1. The van der Waals surface area contributed by atoms with E-state index in [0.717, 1.165) is 25.7 Å². The third kappa shape index (κ3) is 2.30. The van der Waals surface area contributed by atoms with Gasteiger partial charge in [-0.2, -0.15) is 0 Å². The van der Waals surface area contributed by atoms with Crippen LogP contribution in [0.15, 0.2) is 24.3 Å². The molecule has 0 aromatic heterocycles. The Morgan fingerprint density at radius 3 is 2.25 bits per heavy atom. The number of imide groups is 1. The zero-order valence-electron chi connectivity index (χ0n) is 11.6. The average Bonchev–Trinajstić information content (AvgIpc) is 2.38. The molecule has 1 saturated carbocycles. The molecule has 1 aliphatic heterocycles. The van der Waals surface area contributed by atoms with Crippen molar-refractivity contribution < 1.29 is 9.59 Å². The first kappa shape index (κ1) is 13.2. The number of anilines is 2. The molecule has 1 aromatic carbocycles. The minimum absolute atomic E-state index is 0.0662. The Balaban J connectivity index is 1.86. The van der Waals surface area contributed by atoms with Crippen LogP contribution in [0.2, 0.25) is 0 Å². The summed E-state index contributed by atoms with van der Waals surface area (Å²) in [4.78, 5) is 26.2. The SMILES string of the molecule is Nc1cccc(N2C(=O)CC3(CCCCC3)CC2=O)c1. The van der Waals surface area contributed by atoms with Crippen LogP contribution in [0, 0.1) is 5.41 Å². The molecular weight excluding hydrogens is 252 g/mol. The molecule has 2 fully saturated rings. The maximum atomic E-state index is 12.5. The molecule has 0 unspecified atom stereocenters. The summed E-state index contributed by atoms with van der Waals surface area (Å²) >= 11 is 0. The summed E-state index contributed by atoms with van der Waals surface area (Å²) in [7, 11) is 0. The predicted molar refractivity (Wildman–Crippen MR) is 78.1 cm³/mol. The van der Waals surface area contributed by atoms with Crippen molar-refractivity contribution in [3.05, 3.63) is 24.3 Å². The normalized spacial score (nSPS) is 22.3. The lowest BCUT2D eigenvalue weighted by molar-refractivity contribution is -0.134. The van der Waals surface area contributed by atoms with E-state index in [9.17, 15) is 9.59 Å². The molecule has 0 atom stereocenters. The first-order valence-corrected chi connectivity index (χ1v) is 7.31. The molecule has 2 amide bonds. The summed E-state index contributed by atoms with van der Waals surface area (Å²) in [5, 5.41) is 0. The van der Waals surface area contributed by atoms with Crippen LogP contribution in [0.3, 0.4) is 0 Å². The minimum Gasteiger partial charge on any atom is -0.399 e. The van der Waals surface area contributed by atoms with Crippen LogP contribution in [-0.4, -0.2) is 11.8 Å². The molecule has 2 aliphatic rings. The fourth-order valence-electron chi connectivity index (χ4n) is 3.61. The molecule has 0 radical (unpaired) electrons. The second kappa shape index (κ2) is 4.93. The maximum absolute atomic E-state index is 12.5. The number of carbonyl (C=O) groups excluding carboxylic acids is 2. The molecule has 1 saturated heterocycles. The van der Waals surface area contributed by atoms with Crippen LogP contribution >= 0.6 is 0 Å². The zero-order valence-corrected chi connectivity index (χ0v) is 11.6. The molecule has 1 aliphatic carbocycles. The van der Waals surface area contributed by atoms with E-state index in [0.29, 0.717) is 24.2 Å². The number of benzene rings is 1. The molecule has 0 bridgehead atoms. The van der Waals surface area contributed by atoms with Crippen LogP contribution in [-0.2, 0) is 9.59 Å². The fourth-order valence-corrected chi connectivity index (χ4v) is 3.61. The number of nitrogens with two attached hydrogens (primary N) is 1. The lowest BCUT2D eigenvalue weighted by Crippen LogP contribution is -2.48. The van der Waals surface area contributed by atoms with Gasteiger partial charge in [-0.25, -0.2) is 0 Å². The molecule has 4 nitrogen and oxygen atoms in total. The second-order valence-corrected chi connectivity index (χ2v) is 6.13. The van der Waals surface area contributed by atoms with Crippen molar-refractivity contribution in [2.75, 3.05) is 10.6 Å². The molecule has 4 heteroatoms. The number of piperidine rings is 1. The largest absolute Gasteiger partial charge is 0.399 e. The molecule has 106 valence electrons. The first-order chi connectivity index (χ1) is 9.60. The minimum atomic E-state index is -0.0752. The monoisotopic (exact) mass is 272 g/mol. The Kier molecular flexibility index (Phi) is 3.24. The molecule has 2 N–H and O–H groups in total. The van der Waals surface area contributed by atoms with E-state index in [1.807, 2.05) is 0 Å². The van der Waals surface area contributed by atoms with Gasteiger partial charge in [0.25, 0.3) is 0 Å². The van der Waals surface area contributed by atoms with Gasteiger partial charge in [-0.3, -0.25) is 14.5 Å². The lowest BCUT2D eigenvalue weighted by Gasteiger charge is -2.42. The van der Waals surface area contributed by atoms with Gasteiger partial charge in [-0.15, -0.1) is 0 Å². The number of hydrogen-bond acceptors (Lipinski definition) is 3. The molecule has 1 spiro atoms. The number of rotatable bonds is 1. The van der Waals surface area contributed by atoms with Crippen LogP contribution in [0.25, 0.3) is 0 Å². The van der Waals surface area contributed by atoms with E-state index in [4.69, 9.17) is 5.73 Å². The third-order valence-corrected chi connectivity index (χ3v) is 4.59. The lowest BCUT2D eigenvalue weighted by atomic mass is 9.67. The van der Waals surface area contributed by atoms with Crippen molar-refractivity contribution in [2.45, 2.75) is 44.9 Å². The summed E-state index contributed by atoms with van der Waals surface area (Å²) in [6, 6.07) is 6.99. The van der Waals surface area contributed by atoms with Gasteiger partial charge in [0.1, 0.15) is 0 Å². The zero-order chi connectivity index (χ0) is 14.2. The van der Waals surface area contributed by atoms with Crippen molar-refractivity contribution in [2.24, 2.45) is 5.41 Å². The van der Waals surface area contributed by atoms with Crippen molar-refractivity contribution in [3.8, 4) is 0 Å². The van der Waals surface area contributed by atoms with E-state index in [1.54, 1.807) is 24.3 Å². The van der Waals surface area contributed by atoms with Crippen LogP contribution in [0.1, 0.15) is 44.9 Å². The highest BCUT2D eigenvalue weighted by Crippen LogP contribution is 2.46. The molecular formula is C16H20N2O2. The fraction of sp³-hybridized carbons (Fsp3) is 0.500. The smallest absolute Gasteiger partial charge is 0.234 e. The molecule has 1 aromatic rings. The summed E-state index contributed by atoms with van der Waals surface area (Å²) in [5.74, 6) is -0.150. The van der Waals surface area contributed by atoms with E-state index in [2.05, 4.69) is 0 Å². The predicted octanol–water partition coefficient (Wildman–Crippen LogP) is 2.87. The Morgan fingerprint density at radius 2 is 1.65 bits per heavy atom. The van der Waals surface area contributed by atoms with E-state index in [-0.39, 0.29) is 17.2 Å². The van der Waals surface area contributed by atoms with Gasteiger partial charge in [0.15, 0.2) is 0 Å². The van der Waals surface area contributed by atoms with Gasteiger partial charge in [0, 0.05) is 18.5 Å². The van der Waals surface area contributed by atoms with Gasteiger partial charge in [-0.05, 0) is 36.5 Å². The van der Waals surface area contributed by atoms with Crippen LogP contribution in [0.5, 0.6) is 0 Å². The Morgan fingerprint density at radius 1 is 1.00 bits per heavy atom. The van der Waals surface area contributed by atoms with Crippen molar-refractivity contribution in [3.63, 3.8) is 0 Å². The van der Waals surface area contributed by atoms with Gasteiger partial charge >= 0.3 is 0 Å². The number of hydrogen-bond donors (Lipinski definition) is 1. The topological polar surface area (TPSA) is 63.4 Å². The maximum Gasteiger partial charge on any atom is 0.234 e. The first-order valence-electron chi connectivity index (χ1n) is 7.31. The summed E-state index contributed by atoms with van der Waals surface area (Å²) in [6.45, 7) is 0. The van der Waals surface area contributed by atoms with Gasteiger partial charge in [0.05, 0.1) is 5.69 Å². The standard InChI is InChI=1S/C16H20N2O2/c17-12-5-4-6-13(9-12)18-14(19)10-16(11-15(18)20)7-2-1-3-8-16/h4-6,9H,1-3,7-8,10-11,17H2. The highest BCUT2D eigenvalue weighted by atomic mass is 16.2. The average molecular weight is 272 g/mol. The highest BCUT2D eigenvalue weighted by molar-refractivity contribution is 6.17. The quantitative estimate of drug-likeness (QED) is 0.631. The third-order valence-electron chi connectivity index (χ3n) is 4.59. The summed E-state index contributed by atoms with van der Waals surface area (Å²) in [5.41, 5.74) is 6.85. The van der Waals surface area contributed by atoms with E-state index in [1.165, 1.54) is 11.3 Å². The summed E-state index contributed by atoms with van der Waals surface area (Å²) < 4.78 is 0. The van der Waals surface area contributed by atoms with Crippen molar-refractivity contribution in [1.29, 1.82) is 0 Å². The van der Waals surface area contributed by atoms with Gasteiger partial charge in [-0.1, -0.05) is 25.3 Å². The van der Waals surface area contributed by atoms with Gasteiger partial charge in [0.2, 0.25) is 11.8 Å². The molecule has 3 rings (SSSR count). The van der Waals surface area contributed by atoms with Crippen LogP contribution in [0.4, 0.5) is 11.4 Å². The van der Waals surface area contributed by atoms with Crippen molar-refractivity contribution >= 4 is 23.2 Å². The highest BCUT2D eigenvalue weighted by Gasteiger charge is 2.44. The van der Waals surface area contributed by atoms with Crippen LogP contribution < -0.4 is 10.6 Å². The number of amides is 2. The number of carbonyl (C=O) groups is 2. The van der Waals surface area contributed by atoms with E-state index < -0.39 is 0 Å². The van der Waals surface area contributed by atoms with E-state index >= 15 is 0 Å².